The average molecular weight is 233 g/mol. The van der Waals surface area contributed by atoms with E-state index in [1.807, 2.05) is 6.20 Å². The highest BCUT2D eigenvalue weighted by atomic mass is 15.2. The Hall–Kier alpha value is -1.09. The monoisotopic (exact) mass is 233 g/mol. The molecule has 1 aromatic rings. The Morgan fingerprint density at radius 3 is 2.76 bits per heavy atom. The Balaban J connectivity index is 2.00. The molecule has 0 atom stereocenters. The van der Waals surface area contributed by atoms with Gasteiger partial charge in [0.1, 0.15) is 5.82 Å². The van der Waals surface area contributed by atoms with E-state index in [1.165, 1.54) is 24.8 Å². The second-order valence-electron chi connectivity index (χ2n) is 5.11. The molecule has 0 aromatic carbocycles. The highest BCUT2D eigenvalue weighted by Crippen LogP contribution is 2.18. The van der Waals surface area contributed by atoms with Crippen molar-refractivity contribution in [1.82, 2.24) is 10.3 Å². The molecular weight excluding hydrogens is 210 g/mol. The number of hydrogen-bond donors (Lipinski definition) is 1. The summed E-state index contributed by atoms with van der Waals surface area (Å²) in [5.41, 5.74) is 1.33. The Labute approximate surface area is 104 Å². The van der Waals surface area contributed by atoms with Crippen LogP contribution in [0, 0.1) is 0 Å². The van der Waals surface area contributed by atoms with Gasteiger partial charge in [0.15, 0.2) is 0 Å². The number of anilines is 1. The summed E-state index contributed by atoms with van der Waals surface area (Å²) in [6.07, 6.45) is 5.90. The maximum atomic E-state index is 4.49. The molecule has 1 N–H and O–H groups in total. The second kappa shape index (κ2) is 6.01. The van der Waals surface area contributed by atoms with Crippen molar-refractivity contribution in [1.29, 1.82) is 0 Å². The van der Waals surface area contributed by atoms with Crippen LogP contribution in [0.25, 0.3) is 0 Å². The van der Waals surface area contributed by atoms with E-state index in [0.717, 1.165) is 25.5 Å². The molecule has 0 unspecified atom stereocenters. The standard InChI is InChI=1S/C14H23N3/c1-12(2)16-11-13-6-7-15-14(10-13)17-8-4-3-5-9-17/h6-7,10,12,16H,3-5,8-9,11H2,1-2H3. The van der Waals surface area contributed by atoms with Gasteiger partial charge in [-0.3, -0.25) is 0 Å². The fourth-order valence-corrected chi connectivity index (χ4v) is 2.19. The summed E-state index contributed by atoms with van der Waals surface area (Å²) in [7, 11) is 0. The molecule has 3 heteroatoms. The van der Waals surface area contributed by atoms with Crippen LogP contribution in [0.15, 0.2) is 18.3 Å². The van der Waals surface area contributed by atoms with Crippen molar-refractivity contribution in [2.45, 2.75) is 45.7 Å². The third kappa shape index (κ3) is 3.70. The van der Waals surface area contributed by atoms with Crippen LogP contribution < -0.4 is 10.2 Å². The minimum Gasteiger partial charge on any atom is -0.357 e. The highest BCUT2D eigenvalue weighted by molar-refractivity contribution is 5.41. The normalized spacial score (nSPS) is 16.5. The molecule has 94 valence electrons. The third-order valence-electron chi connectivity index (χ3n) is 3.20. The second-order valence-corrected chi connectivity index (χ2v) is 5.11. The molecule has 17 heavy (non-hydrogen) atoms. The SMILES string of the molecule is CC(C)NCc1ccnc(N2CCCCC2)c1. The molecule has 1 saturated heterocycles. The van der Waals surface area contributed by atoms with Gasteiger partial charge in [-0.05, 0) is 37.0 Å². The first kappa shape index (κ1) is 12.4. The van der Waals surface area contributed by atoms with Gasteiger partial charge in [0.25, 0.3) is 0 Å². The quantitative estimate of drug-likeness (QED) is 0.866. The molecule has 0 spiro atoms. The number of aromatic nitrogens is 1. The lowest BCUT2D eigenvalue weighted by Crippen LogP contribution is -2.30. The lowest BCUT2D eigenvalue weighted by atomic mass is 10.1. The van der Waals surface area contributed by atoms with Gasteiger partial charge in [0.05, 0.1) is 0 Å². The van der Waals surface area contributed by atoms with Crippen molar-refractivity contribution >= 4 is 5.82 Å². The predicted molar refractivity (Wildman–Crippen MR) is 72.3 cm³/mol. The third-order valence-corrected chi connectivity index (χ3v) is 3.20. The molecule has 2 heterocycles. The van der Waals surface area contributed by atoms with E-state index in [4.69, 9.17) is 0 Å². The average Bonchev–Trinajstić information content (AvgIpc) is 2.38. The van der Waals surface area contributed by atoms with Gasteiger partial charge in [0.2, 0.25) is 0 Å². The van der Waals surface area contributed by atoms with Crippen LogP contribution in [0.1, 0.15) is 38.7 Å². The first-order chi connectivity index (χ1) is 8.25. The van der Waals surface area contributed by atoms with Crippen molar-refractivity contribution in [2.24, 2.45) is 0 Å². The number of rotatable bonds is 4. The van der Waals surface area contributed by atoms with E-state index in [2.05, 4.69) is 41.2 Å². The van der Waals surface area contributed by atoms with Crippen LogP contribution in [0.4, 0.5) is 5.82 Å². The molecule has 2 rings (SSSR count). The maximum Gasteiger partial charge on any atom is 0.128 e. The Morgan fingerprint density at radius 1 is 1.29 bits per heavy atom. The summed E-state index contributed by atoms with van der Waals surface area (Å²) >= 11 is 0. The molecule has 0 saturated carbocycles. The lowest BCUT2D eigenvalue weighted by Gasteiger charge is -2.28. The van der Waals surface area contributed by atoms with Gasteiger partial charge >= 0.3 is 0 Å². The minimum atomic E-state index is 0.529. The molecular formula is C14H23N3. The number of piperidine rings is 1. The fourth-order valence-electron chi connectivity index (χ4n) is 2.19. The number of nitrogens with one attached hydrogen (secondary N) is 1. The Kier molecular flexibility index (Phi) is 4.37. The van der Waals surface area contributed by atoms with Crippen LogP contribution in [0.3, 0.4) is 0 Å². The van der Waals surface area contributed by atoms with E-state index in [1.54, 1.807) is 0 Å². The minimum absolute atomic E-state index is 0.529. The first-order valence-corrected chi connectivity index (χ1v) is 6.69. The zero-order valence-electron chi connectivity index (χ0n) is 10.9. The Morgan fingerprint density at radius 2 is 2.06 bits per heavy atom. The molecule has 0 radical (unpaired) electrons. The number of pyridine rings is 1. The van der Waals surface area contributed by atoms with Crippen LogP contribution in [-0.4, -0.2) is 24.1 Å². The van der Waals surface area contributed by atoms with Crippen molar-refractivity contribution < 1.29 is 0 Å². The zero-order valence-corrected chi connectivity index (χ0v) is 10.9. The topological polar surface area (TPSA) is 28.2 Å². The van der Waals surface area contributed by atoms with E-state index in [0.29, 0.717) is 6.04 Å². The Bertz CT molecular complexity index is 343. The van der Waals surface area contributed by atoms with Crippen LogP contribution in [-0.2, 0) is 6.54 Å². The first-order valence-electron chi connectivity index (χ1n) is 6.69. The largest absolute Gasteiger partial charge is 0.357 e. The van der Waals surface area contributed by atoms with Crippen molar-refractivity contribution in [3.05, 3.63) is 23.9 Å². The van der Waals surface area contributed by atoms with E-state index in [-0.39, 0.29) is 0 Å². The van der Waals surface area contributed by atoms with Gasteiger partial charge in [-0.15, -0.1) is 0 Å². The van der Waals surface area contributed by atoms with E-state index < -0.39 is 0 Å². The summed E-state index contributed by atoms with van der Waals surface area (Å²) in [6, 6.07) is 4.85. The van der Waals surface area contributed by atoms with Gasteiger partial charge in [-0.2, -0.15) is 0 Å². The fraction of sp³-hybridized carbons (Fsp3) is 0.643. The van der Waals surface area contributed by atoms with E-state index >= 15 is 0 Å². The summed E-state index contributed by atoms with van der Waals surface area (Å²) < 4.78 is 0. The van der Waals surface area contributed by atoms with Crippen molar-refractivity contribution in [3.63, 3.8) is 0 Å². The van der Waals surface area contributed by atoms with E-state index in [9.17, 15) is 0 Å². The van der Waals surface area contributed by atoms with Gasteiger partial charge < -0.3 is 10.2 Å². The molecule has 1 aromatic heterocycles. The summed E-state index contributed by atoms with van der Waals surface area (Å²) in [5, 5.41) is 3.45. The van der Waals surface area contributed by atoms with Gasteiger partial charge in [-0.25, -0.2) is 4.98 Å². The van der Waals surface area contributed by atoms with Crippen LogP contribution in [0.5, 0.6) is 0 Å². The summed E-state index contributed by atoms with van der Waals surface area (Å²) in [4.78, 5) is 6.89. The van der Waals surface area contributed by atoms with Crippen LogP contribution in [0.2, 0.25) is 0 Å². The van der Waals surface area contributed by atoms with Gasteiger partial charge in [0, 0.05) is 31.9 Å². The number of hydrogen-bond acceptors (Lipinski definition) is 3. The highest BCUT2D eigenvalue weighted by Gasteiger charge is 2.12. The van der Waals surface area contributed by atoms with Crippen molar-refractivity contribution in [3.8, 4) is 0 Å². The molecule has 3 nitrogen and oxygen atoms in total. The smallest absolute Gasteiger partial charge is 0.128 e. The summed E-state index contributed by atoms with van der Waals surface area (Å²) in [6.45, 7) is 7.60. The lowest BCUT2D eigenvalue weighted by molar-refractivity contribution is 0.571. The summed E-state index contributed by atoms with van der Waals surface area (Å²) in [5.74, 6) is 1.15. The van der Waals surface area contributed by atoms with Gasteiger partial charge in [-0.1, -0.05) is 13.8 Å². The molecule has 1 aliphatic heterocycles. The van der Waals surface area contributed by atoms with Crippen molar-refractivity contribution in [2.75, 3.05) is 18.0 Å². The molecule has 1 fully saturated rings. The molecule has 0 amide bonds. The molecule has 1 aliphatic rings. The number of nitrogens with zero attached hydrogens (tertiary/aromatic N) is 2. The molecule has 0 bridgehead atoms. The zero-order chi connectivity index (χ0) is 12.1. The molecule has 0 aliphatic carbocycles. The predicted octanol–water partition coefficient (Wildman–Crippen LogP) is 2.57. The maximum absolute atomic E-state index is 4.49. The van der Waals surface area contributed by atoms with Crippen LogP contribution >= 0.6 is 0 Å².